The summed E-state index contributed by atoms with van der Waals surface area (Å²) in [5, 5.41) is 0. The normalized spacial score (nSPS) is 22.3. The van der Waals surface area contributed by atoms with Gasteiger partial charge in [0.25, 0.3) is 0 Å². The Labute approximate surface area is 131 Å². The molecule has 108 valence electrons. The average molecular weight is 357 g/mol. The Morgan fingerprint density at radius 2 is 2.20 bits per heavy atom. The maximum absolute atomic E-state index is 13.8. The van der Waals surface area contributed by atoms with Crippen molar-refractivity contribution in [1.82, 2.24) is 9.55 Å². The third kappa shape index (κ3) is 2.46. The number of benzene rings is 1. The number of aromatic amines is 1. The number of aromatic nitrogens is 2. The number of fused-ring (bicyclic) bond motifs is 1. The van der Waals surface area contributed by atoms with Gasteiger partial charge in [-0.2, -0.15) is 0 Å². The summed E-state index contributed by atoms with van der Waals surface area (Å²) in [6, 6.07) is 3.71. The van der Waals surface area contributed by atoms with Crippen molar-refractivity contribution < 1.29 is 4.39 Å². The van der Waals surface area contributed by atoms with Crippen molar-refractivity contribution in [2.45, 2.75) is 45.6 Å². The fourth-order valence-corrected chi connectivity index (χ4v) is 4.06. The zero-order valence-corrected chi connectivity index (χ0v) is 14.1. The Morgan fingerprint density at radius 1 is 1.45 bits per heavy atom. The fourth-order valence-electron chi connectivity index (χ4n) is 3.36. The smallest absolute Gasteiger partial charge is 0.178 e. The van der Waals surface area contributed by atoms with Crippen molar-refractivity contribution in [2.24, 2.45) is 5.41 Å². The van der Waals surface area contributed by atoms with Gasteiger partial charge < -0.3 is 9.55 Å². The largest absolute Gasteiger partial charge is 0.331 e. The van der Waals surface area contributed by atoms with Crippen LogP contribution < -0.4 is 0 Å². The minimum Gasteiger partial charge on any atom is -0.331 e. The maximum atomic E-state index is 13.8. The Balaban J connectivity index is 2.13. The lowest BCUT2D eigenvalue weighted by Crippen LogP contribution is -2.25. The second-order valence-corrected chi connectivity index (χ2v) is 7.74. The Hall–Kier alpha value is -0.680. The van der Waals surface area contributed by atoms with E-state index in [1.54, 1.807) is 12.1 Å². The summed E-state index contributed by atoms with van der Waals surface area (Å²) in [5.41, 5.74) is 2.10. The second kappa shape index (κ2) is 4.95. The van der Waals surface area contributed by atoms with Crippen molar-refractivity contribution in [3.05, 3.63) is 27.2 Å². The first-order valence-corrected chi connectivity index (χ1v) is 8.17. The van der Waals surface area contributed by atoms with Gasteiger partial charge >= 0.3 is 0 Å². The molecule has 0 saturated heterocycles. The molecular weight excluding hydrogens is 339 g/mol. The molecule has 1 aliphatic rings. The molecule has 1 saturated carbocycles. The highest BCUT2D eigenvalue weighted by atomic mass is 79.9. The van der Waals surface area contributed by atoms with Gasteiger partial charge in [-0.25, -0.2) is 4.39 Å². The molecule has 0 radical (unpaired) electrons. The standard InChI is InChI=1S/C15H18BrFN2S/c1-15(2)5-3-4-9(8-15)19-13-7-11(17)10(16)6-12(13)18-14(19)20/h6-7,9H,3-5,8H2,1-2H3,(H,18,20). The van der Waals surface area contributed by atoms with E-state index in [1.165, 1.54) is 12.8 Å². The summed E-state index contributed by atoms with van der Waals surface area (Å²) >= 11 is 8.69. The first-order valence-electron chi connectivity index (χ1n) is 6.97. The van der Waals surface area contributed by atoms with Gasteiger partial charge in [0, 0.05) is 12.1 Å². The predicted octanol–water partition coefficient (Wildman–Crippen LogP) is 5.74. The third-order valence-electron chi connectivity index (χ3n) is 4.30. The van der Waals surface area contributed by atoms with Gasteiger partial charge in [0.05, 0.1) is 15.5 Å². The van der Waals surface area contributed by atoms with E-state index in [-0.39, 0.29) is 5.82 Å². The van der Waals surface area contributed by atoms with Gasteiger partial charge in [-0.3, -0.25) is 0 Å². The molecule has 1 fully saturated rings. The Bertz CT molecular complexity index is 716. The van der Waals surface area contributed by atoms with Gasteiger partial charge in [-0.05, 0) is 58.9 Å². The molecule has 5 heteroatoms. The van der Waals surface area contributed by atoms with E-state index in [1.807, 2.05) is 0 Å². The molecule has 1 atom stereocenters. The van der Waals surface area contributed by atoms with E-state index in [2.05, 4.69) is 39.3 Å². The van der Waals surface area contributed by atoms with Gasteiger partial charge in [0.15, 0.2) is 4.77 Å². The van der Waals surface area contributed by atoms with Gasteiger partial charge in [-0.1, -0.05) is 20.3 Å². The highest BCUT2D eigenvalue weighted by Crippen LogP contribution is 2.42. The molecule has 3 rings (SSSR count). The number of nitrogens with zero attached hydrogens (tertiary/aromatic N) is 1. The van der Waals surface area contributed by atoms with Crippen LogP contribution in [0.2, 0.25) is 0 Å². The lowest BCUT2D eigenvalue weighted by Gasteiger charge is -2.36. The molecule has 1 heterocycles. The van der Waals surface area contributed by atoms with Crippen LogP contribution in [-0.4, -0.2) is 9.55 Å². The Kier molecular flexibility index (Phi) is 3.53. The molecule has 1 aliphatic carbocycles. The van der Waals surface area contributed by atoms with Crippen LogP contribution in [-0.2, 0) is 0 Å². The van der Waals surface area contributed by atoms with Gasteiger partial charge in [0.2, 0.25) is 0 Å². The SMILES string of the molecule is CC1(C)CCCC(n2c(=S)[nH]c3cc(Br)c(F)cc32)C1. The molecule has 1 N–H and O–H groups in total. The minimum atomic E-state index is -0.240. The van der Waals surface area contributed by atoms with E-state index >= 15 is 0 Å². The van der Waals surface area contributed by atoms with Crippen molar-refractivity contribution in [1.29, 1.82) is 0 Å². The first kappa shape index (κ1) is 14.3. The quantitative estimate of drug-likeness (QED) is 0.645. The summed E-state index contributed by atoms with van der Waals surface area (Å²) < 4.78 is 17.1. The highest BCUT2D eigenvalue weighted by molar-refractivity contribution is 9.10. The van der Waals surface area contributed by atoms with Crippen LogP contribution in [0.3, 0.4) is 0 Å². The summed E-state index contributed by atoms with van der Waals surface area (Å²) in [6.07, 6.45) is 4.65. The van der Waals surface area contributed by atoms with Gasteiger partial charge in [0.1, 0.15) is 5.82 Å². The summed E-state index contributed by atoms with van der Waals surface area (Å²) in [7, 11) is 0. The zero-order chi connectivity index (χ0) is 14.5. The summed E-state index contributed by atoms with van der Waals surface area (Å²) in [6.45, 7) is 4.60. The maximum Gasteiger partial charge on any atom is 0.178 e. The van der Waals surface area contributed by atoms with E-state index < -0.39 is 0 Å². The molecule has 2 nitrogen and oxygen atoms in total. The van der Waals surface area contributed by atoms with Crippen LogP contribution in [0.25, 0.3) is 11.0 Å². The molecule has 1 aromatic heterocycles. The number of hydrogen-bond acceptors (Lipinski definition) is 1. The lowest BCUT2D eigenvalue weighted by molar-refractivity contribution is 0.185. The van der Waals surface area contributed by atoms with Crippen LogP contribution in [0.5, 0.6) is 0 Å². The zero-order valence-electron chi connectivity index (χ0n) is 11.7. The van der Waals surface area contributed by atoms with E-state index in [9.17, 15) is 4.39 Å². The molecule has 2 aromatic rings. The molecule has 1 aromatic carbocycles. The topological polar surface area (TPSA) is 20.7 Å². The molecule has 0 spiro atoms. The van der Waals surface area contributed by atoms with Crippen LogP contribution in [0, 0.1) is 16.0 Å². The van der Waals surface area contributed by atoms with Crippen LogP contribution in [0.4, 0.5) is 4.39 Å². The minimum absolute atomic E-state index is 0.240. The van der Waals surface area contributed by atoms with Crippen molar-refractivity contribution in [3.8, 4) is 0 Å². The van der Waals surface area contributed by atoms with E-state index in [0.29, 0.717) is 20.7 Å². The van der Waals surface area contributed by atoms with E-state index in [0.717, 1.165) is 23.9 Å². The Morgan fingerprint density at radius 3 is 2.90 bits per heavy atom. The molecular formula is C15H18BrFN2S. The number of hydrogen-bond donors (Lipinski definition) is 1. The number of rotatable bonds is 1. The van der Waals surface area contributed by atoms with Gasteiger partial charge in [-0.15, -0.1) is 0 Å². The lowest BCUT2D eigenvalue weighted by atomic mass is 9.75. The molecule has 0 aliphatic heterocycles. The number of H-pyrrole nitrogens is 1. The second-order valence-electron chi connectivity index (χ2n) is 6.50. The monoisotopic (exact) mass is 356 g/mol. The van der Waals surface area contributed by atoms with Crippen molar-refractivity contribution >= 4 is 39.2 Å². The average Bonchev–Trinajstić information content (AvgIpc) is 2.64. The number of imidazole rings is 1. The van der Waals surface area contributed by atoms with Crippen LogP contribution >= 0.6 is 28.1 Å². The molecule has 0 amide bonds. The molecule has 20 heavy (non-hydrogen) atoms. The van der Waals surface area contributed by atoms with Crippen molar-refractivity contribution in [2.75, 3.05) is 0 Å². The first-order chi connectivity index (χ1) is 9.37. The summed E-state index contributed by atoms with van der Waals surface area (Å²) in [5.74, 6) is -0.240. The third-order valence-corrected chi connectivity index (χ3v) is 5.21. The van der Waals surface area contributed by atoms with Crippen LogP contribution in [0.15, 0.2) is 16.6 Å². The van der Waals surface area contributed by atoms with E-state index in [4.69, 9.17) is 12.2 Å². The molecule has 1 unspecified atom stereocenters. The highest BCUT2D eigenvalue weighted by Gasteiger charge is 2.30. The number of nitrogens with one attached hydrogen (secondary N) is 1. The summed E-state index contributed by atoms with van der Waals surface area (Å²) in [4.78, 5) is 3.20. The predicted molar refractivity (Wildman–Crippen MR) is 86.1 cm³/mol. The number of halogens is 2. The fraction of sp³-hybridized carbons (Fsp3) is 0.533. The van der Waals surface area contributed by atoms with Crippen LogP contribution in [0.1, 0.15) is 45.6 Å². The van der Waals surface area contributed by atoms with Crippen molar-refractivity contribution in [3.63, 3.8) is 0 Å². The molecule has 0 bridgehead atoms.